The maximum absolute atomic E-state index is 13.5. The van der Waals surface area contributed by atoms with E-state index in [9.17, 15) is 23.1 Å². The number of hydrogen-bond acceptors (Lipinski definition) is 4. The van der Waals surface area contributed by atoms with E-state index in [4.69, 9.17) is 0 Å². The van der Waals surface area contributed by atoms with Crippen LogP contribution in [0.15, 0.2) is 66.7 Å². The molecule has 3 fully saturated rings. The highest BCUT2D eigenvalue weighted by atomic mass is 19.4. The van der Waals surface area contributed by atoms with Crippen molar-refractivity contribution in [1.29, 1.82) is 0 Å². The van der Waals surface area contributed by atoms with Crippen LogP contribution < -0.4 is 0 Å². The molecule has 1 aliphatic carbocycles. The van der Waals surface area contributed by atoms with Gasteiger partial charge in [0.1, 0.15) is 12.6 Å². The van der Waals surface area contributed by atoms with Gasteiger partial charge >= 0.3 is 12.1 Å². The Morgan fingerprint density at radius 2 is 1.58 bits per heavy atom. The highest BCUT2D eigenvalue weighted by Gasteiger charge is 2.43. The molecule has 1 N–H and O–H groups in total. The largest absolute Gasteiger partial charge is 0.480 e. The van der Waals surface area contributed by atoms with Crippen LogP contribution in [0.2, 0.25) is 0 Å². The number of likely N-dealkylation sites (tertiary alicyclic amines) is 2. The maximum Gasteiger partial charge on any atom is 0.408 e. The zero-order valence-corrected chi connectivity index (χ0v) is 25.9. The van der Waals surface area contributed by atoms with Crippen LogP contribution in [-0.2, 0) is 17.8 Å². The van der Waals surface area contributed by atoms with Crippen LogP contribution in [0.1, 0.15) is 79.3 Å². The fourth-order valence-corrected chi connectivity index (χ4v) is 8.25. The predicted octanol–water partition coefficient (Wildman–Crippen LogP) is 6.96. The Bertz CT molecular complexity index is 1380. The quantitative estimate of drug-likeness (QED) is 0.265. The van der Waals surface area contributed by atoms with E-state index in [0.29, 0.717) is 23.7 Å². The summed E-state index contributed by atoms with van der Waals surface area (Å²) in [6.07, 6.45) is 3.11. The normalized spacial score (nSPS) is 23.4. The third-order valence-electron chi connectivity index (χ3n) is 10.4. The second-order valence-corrected chi connectivity index (χ2v) is 13.5. The van der Waals surface area contributed by atoms with Crippen LogP contribution in [0.25, 0.3) is 0 Å². The van der Waals surface area contributed by atoms with Crippen molar-refractivity contribution < 1.29 is 23.1 Å². The van der Waals surface area contributed by atoms with Crippen molar-refractivity contribution in [2.75, 3.05) is 32.7 Å². The average molecular weight is 623 g/mol. The number of benzene rings is 2. The summed E-state index contributed by atoms with van der Waals surface area (Å²) in [7, 11) is 0. The van der Waals surface area contributed by atoms with Gasteiger partial charge in [0.15, 0.2) is 0 Å². The summed E-state index contributed by atoms with van der Waals surface area (Å²) in [6.45, 7) is 2.91. The second-order valence-electron chi connectivity index (χ2n) is 13.5. The Labute approximate surface area is 264 Å². The molecule has 3 heterocycles. The SMILES string of the molecule is O=C(O)[C@@H](C1CCCCC1)N1C[C@H](CN2CCC(c3cc(Cc4ccccc4)nn3CC(F)(F)F)CC2)[C@@H](c2ccccc2)C1. The first-order valence-corrected chi connectivity index (χ1v) is 16.6. The van der Waals surface area contributed by atoms with Crippen molar-refractivity contribution in [1.82, 2.24) is 19.6 Å². The van der Waals surface area contributed by atoms with E-state index < -0.39 is 24.7 Å². The molecule has 3 aromatic rings. The fourth-order valence-electron chi connectivity index (χ4n) is 8.25. The topological polar surface area (TPSA) is 61.6 Å². The lowest BCUT2D eigenvalue weighted by molar-refractivity contribution is -0.146. The molecule has 242 valence electrons. The molecule has 2 saturated heterocycles. The molecule has 2 aromatic carbocycles. The Balaban J connectivity index is 1.14. The van der Waals surface area contributed by atoms with Crippen molar-refractivity contribution in [2.45, 2.75) is 82.0 Å². The summed E-state index contributed by atoms with van der Waals surface area (Å²) in [5.74, 6) is 0.0758. The van der Waals surface area contributed by atoms with Crippen LogP contribution in [0.5, 0.6) is 0 Å². The molecular weight excluding hydrogens is 577 g/mol. The minimum absolute atomic E-state index is 0.0216. The van der Waals surface area contributed by atoms with Gasteiger partial charge in [-0.2, -0.15) is 18.3 Å². The summed E-state index contributed by atoms with van der Waals surface area (Å²) in [4.78, 5) is 17.3. The van der Waals surface area contributed by atoms with Crippen molar-refractivity contribution in [3.05, 3.63) is 89.2 Å². The highest BCUT2D eigenvalue weighted by molar-refractivity contribution is 5.74. The van der Waals surface area contributed by atoms with E-state index in [1.54, 1.807) is 0 Å². The summed E-state index contributed by atoms with van der Waals surface area (Å²) >= 11 is 0. The molecule has 9 heteroatoms. The van der Waals surface area contributed by atoms with Crippen molar-refractivity contribution >= 4 is 5.97 Å². The first kappa shape index (κ1) is 31.8. The molecule has 0 spiro atoms. The lowest BCUT2D eigenvalue weighted by atomic mass is 9.83. The average Bonchev–Trinajstić information content (AvgIpc) is 3.61. The van der Waals surface area contributed by atoms with Crippen LogP contribution in [0.3, 0.4) is 0 Å². The van der Waals surface area contributed by atoms with Gasteiger partial charge in [0.2, 0.25) is 0 Å². The van der Waals surface area contributed by atoms with Crippen LogP contribution in [-0.4, -0.2) is 75.6 Å². The van der Waals surface area contributed by atoms with Gasteiger partial charge in [-0.15, -0.1) is 0 Å². The van der Waals surface area contributed by atoms with E-state index in [-0.39, 0.29) is 17.8 Å². The van der Waals surface area contributed by atoms with Crippen molar-refractivity contribution in [2.24, 2.45) is 11.8 Å². The minimum atomic E-state index is -4.34. The van der Waals surface area contributed by atoms with Gasteiger partial charge in [-0.3, -0.25) is 14.4 Å². The summed E-state index contributed by atoms with van der Waals surface area (Å²) in [5, 5.41) is 14.8. The van der Waals surface area contributed by atoms with E-state index in [1.807, 2.05) is 42.5 Å². The number of aliphatic carboxylic acids is 1. The molecule has 0 amide bonds. The van der Waals surface area contributed by atoms with Crippen LogP contribution in [0.4, 0.5) is 13.2 Å². The van der Waals surface area contributed by atoms with Gasteiger partial charge in [-0.1, -0.05) is 79.9 Å². The number of alkyl halides is 3. The number of carboxylic acid groups (broad SMARTS) is 1. The molecule has 6 nitrogen and oxygen atoms in total. The molecule has 45 heavy (non-hydrogen) atoms. The van der Waals surface area contributed by atoms with Gasteiger partial charge in [-0.05, 0) is 67.8 Å². The zero-order valence-electron chi connectivity index (χ0n) is 25.9. The Kier molecular flexibility index (Phi) is 9.95. The van der Waals surface area contributed by atoms with Gasteiger partial charge in [0, 0.05) is 43.6 Å². The number of piperidine rings is 1. The number of carboxylic acids is 1. The zero-order chi connectivity index (χ0) is 31.4. The smallest absolute Gasteiger partial charge is 0.408 e. The number of aromatic nitrogens is 2. The molecule has 0 bridgehead atoms. The van der Waals surface area contributed by atoms with Gasteiger partial charge < -0.3 is 10.0 Å². The maximum atomic E-state index is 13.5. The first-order valence-electron chi connectivity index (χ1n) is 16.6. The van der Waals surface area contributed by atoms with E-state index in [1.165, 1.54) is 16.7 Å². The monoisotopic (exact) mass is 622 g/mol. The van der Waals surface area contributed by atoms with Gasteiger partial charge in [0.05, 0.1) is 5.69 Å². The van der Waals surface area contributed by atoms with Crippen LogP contribution >= 0.6 is 0 Å². The predicted molar refractivity (Wildman–Crippen MR) is 168 cm³/mol. The molecule has 3 atom stereocenters. The number of halogens is 3. The number of hydrogen-bond donors (Lipinski definition) is 1. The molecule has 0 unspecified atom stereocenters. The fraction of sp³-hybridized carbons (Fsp3) is 0.556. The third kappa shape index (κ3) is 7.98. The van der Waals surface area contributed by atoms with E-state index in [0.717, 1.165) is 76.8 Å². The molecular formula is C36H45F3N4O2. The van der Waals surface area contributed by atoms with Crippen LogP contribution in [0, 0.1) is 11.8 Å². The van der Waals surface area contributed by atoms with Gasteiger partial charge in [0.25, 0.3) is 0 Å². The number of carbonyl (C=O) groups is 1. The molecule has 3 aliphatic rings. The molecule has 1 saturated carbocycles. The Morgan fingerprint density at radius 3 is 2.22 bits per heavy atom. The minimum Gasteiger partial charge on any atom is -0.480 e. The lowest BCUT2D eigenvalue weighted by Gasteiger charge is -2.35. The Hall–Kier alpha value is -3.17. The molecule has 1 aromatic heterocycles. The Morgan fingerprint density at radius 1 is 0.911 bits per heavy atom. The number of nitrogens with zero attached hydrogens (tertiary/aromatic N) is 4. The third-order valence-corrected chi connectivity index (χ3v) is 10.4. The summed E-state index contributed by atoms with van der Waals surface area (Å²) < 4.78 is 41.8. The second kappa shape index (κ2) is 14.1. The molecule has 0 radical (unpaired) electrons. The van der Waals surface area contributed by atoms with Crippen molar-refractivity contribution in [3.63, 3.8) is 0 Å². The van der Waals surface area contributed by atoms with Gasteiger partial charge in [-0.25, -0.2) is 0 Å². The van der Waals surface area contributed by atoms with Crippen molar-refractivity contribution in [3.8, 4) is 0 Å². The summed E-state index contributed by atoms with van der Waals surface area (Å²) in [5.41, 5.74) is 3.65. The standard InChI is InChI=1S/C36H45F3N4O2/c37-36(38,39)25-43-33(21-31(40-43)20-26-10-4-1-5-11-26)28-16-18-41(19-17-28)22-30-23-42(24-32(30)27-12-6-2-7-13-27)34(35(44)45)29-14-8-3-9-15-29/h1-2,4-7,10-13,21,28-30,32,34H,3,8-9,14-20,22-25H2,(H,44,45)/t30-,32+,34+/m0/s1. The summed E-state index contributed by atoms with van der Waals surface area (Å²) in [6, 6.07) is 21.7. The van der Waals surface area contributed by atoms with E-state index >= 15 is 0 Å². The highest BCUT2D eigenvalue weighted by Crippen LogP contribution is 2.39. The number of rotatable bonds is 10. The first-order chi connectivity index (χ1) is 21.7. The lowest BCUT2D eigenvalue weighted by Crippen LogP contribution is -2.46. The molecule has 2 aliphatic heterocycles. The molecule has 6 rings (SSSR count). The van der Waals surface area contributed by atoms with E-state index in [2.05, 4.69) is 39.2 Å².